The molecular formula is C24H25F2N5O2. The number of carbonyl (C=O) groups excluding carboxylic acids is 1. The summed E-state index contributed by atoms with van der Waals surface area (Å²) >= 11 is 0. The van der Waals surface area contributed by atoms with Gasteiger partial charge in [0.05, 0.1) is 30.6 Å². The van der Waals surface area contributed by atoms with Gasteiger partial charge >= 0.3 is 0 Å². The quantitative estimate of drug-likeness (QED) is 0.509. The number of benzene rings is 2. The van der Waals surface area contributed by atoms with Crippen molar-refractivity contribution in [3.8, 4) is 5.88 Å². The Hall–Kier alpha value is -3.43. The lowest BCUT2D eigenvalue weighted by molar-refractivity contribution is -0.118. The second-order valence-electron chi connectivity index (χ2n) is 7.76. The smallest absolute Gasteiger partial charge is 0.241 e. The molecule has 1 saturated heterocycles. The van der Waals surface area contributed by atoms with Gasteiger partial charge in [0, 0.05) is 24.7 Å². The minimum absolute atomic E-state index is 0.0476. The highest BCUT2D eigenvalue weighted by Crippen LogP contribution is 2.23. The molecule has 1 aromatic heterocycles. The Kier molecular flexibility index (Phi) is 7.21. The number of hydrogen-bond donors (Lipinski definition) is 3. The number of methoxy groups -OCH3 is 1. The van der Waals surface area contributed by atoms with Crippen molar-refractivity contribution in [2.24, 2.45) is 0 Å². The third-order valence-corrected chi connectivity index (χ3v) is 5.56. The van der Waals surface area contributed by atoms with E-state index in [1.54, 1.807) is 12.1 Å². The lowest BCUT2D eigenvalue weighted by Gasteiger charge is -2.29. The minimum atomic E-state index is -0.588. The molecule has 33 heavy (non-hydrogen) atoms. The van der Waals surface area contributed by atoms with Crippen LogP contribution in [-0.4, -0.2) is 48.2 Å². The van der Waals surface area contributed by atoms with E-state index in [2.05, 4.69) is 25.9 Å². The van der Waals surface area contributed by atoms with Crippen molar-refractivity contribution in [2.75, 3.05) is 25.5 Å². The van der Waals surface area contributed by atoms with E-state index < -0.39 is 11.6 Å². The van der Waals surface area contributed by atoms with E-state index in [4.69, 9.17) is 4.74 Å². The molecule has 1 amide bonds. The third kappa shape index (κ3) is 5.50. The number of ether oxygens (including phenoxy) is 1. The number of nitrogens with one attached hydrogen (secondary N) is 3. The average Bonchev–Trinajstić information content (AvgIpc) is 2.83. The molecule has 0 aliphatic carbocycles. The molecule has 7 nitrogen and oxygen atoms in total. The van der Waals surface area contributed by atoms with E-state index >= 15 is 0 Å². The second-order valence-corrected chi connectivity index (χ2v) is 7.76. The largest absolute Gasteiger partial charge is 0.480 e. The van der Waals surface area contributed by atoms with Gasteiger partial charge in [0.1, 0.15) is 17.2 Å². The van der Waals surface area contributed by atoms with Crippen LogP contribution in [0.3, 0.4) is 0 Å². The molecule has 2 heterocycles. The van der Waals surface area contributed by atoms with Crippen LogP contribution in [-0.2, 0) is 4.79 Å². The molecule has 3 aromatic rings. The van der Waals surface area contributed by atoms with Crippen LogP contribution in [0.5, 0.6) is 5.88 Å². The number of para-hydroxylation sites is 1. The number of anilines is 1. The van der Waals surface area contributed by atoms with Crippen LogP contribution in [0.2, 0.25) is 0 Å². The van der Waals surface area contributed by atoms with Gasteiger partial charge < -0.3 is 20.7 Å². The minimum Gasteiger partial charge on any atom is -0.480 e. The van der Waals surface area contributed by atoms with E-state index in [0.717, 1.165) is 6.42 Å². The van der Waals surface area contributed by atoms with Crippen molar-refractivity contribution >= 4 is 28.7 Å². The maximum absolute atomic E-state index is 13.7. The maximum Gasteiger partial charge on any atom is 0.241 e. The number of halogens is 2. The van der Waals surface area contributed by atoms with Crippen LogP contribution < -0.4 is 20.7 Å². The molecule has 1 fully saturated rings. The topological polar surface area (TPSA) is 88.2 Å². The molecule has 4 rings (SSSR count). The number of hydrogen-bond acceptors (Lipinski definition) is 6. The molecule has 2 aromatic carbocycles. The maximum atomic E-state index is 13.7. The van der Waals surface area contributed by atoms with Crippen molar-refractivity contribution < 1.29 is 18.3 Å². The molecule has 1 aliphatic rings. The van der Waals surface area contributed by atoms with E-state index in [9.17, 15) is 13.6 Å². The van der Waals surface area contributed by atoms with Crippen molar-refractivity contribution in [3.63, 3.8) is 0 Å². The lowest BCUT2D eigenvalue weighted by atomic mass is 10.00. The van der Waals surface area contributed by atoms with Gasteiger partial charge in [0.2, 0.25) is 11.8 Å². The highest BCUT2D eigenvalue weighted by Gasteiger charge is 2.25. The average molecular weight is 453 g/mol. The summed E-state index contributed by atoms with van der Waals surface area (Å²) < 4.78 is 32.5. The molecule has 3 N–H and O–H groups in total. The van der Waals surface area contributed by atoms with Crippen molar-refractivity contribution in [1.29, 1.82) is 0 Å². The highest BCUT2D eigenvalue weighted by molar-refractivity contribution is 6.01. The molecule has 0 radical (unpaired) electrons. The Morgan fingerprint density at radius 1 is 1.21 bits per heavy atom. The first-order valence-electron chi connectivity index (χ1n) is 10.7. The molecule has 9 heteroatoms. The summed E-state index contributed by atoms with van der Waals surface area (Å²) in [5.41, 5.74) is 1.77. The van der Waals surface area contributed by atoms with E-state index in [-0.39, 0.29) is 23.6 Å². The van der Waals surface area contributed by atoms with Gasteiger partial charge in [-0.25, -0.2) is 18.7 Å². The van der Waals surface area contributed by atoms with Crippen molar-refractivity contribution in [1.82, 2.24) is 20.6 Å². The zero-order chi connectivity index (χ0) is 23.2. The number of fused-ring (bicyclic) bond motifs is 1. The van der Waals surface area contributed by atoms with Gasteiger partial charge in [0.15, 0.2) is 0 Å². The second kappa shape index (κ2) is 10.5. The first-order chi connectivity index (χ1) is 16.0. The predicted molar refractivity (Wildman–Crippen MR) is 123 cm³/mol. The van der Waals surface area contributed by atoms with Crippen LogP contribution in [0.25, 0.3) is 17.1 Å². The van der Waals surface area contributed by atoms with Gasteiger partial charge in [-0.05, 0) is 37.1 Å². The first kappa shape index (κ1) is 22.8. The summed E-state index contributed by atoms with van der Waals surface area (Å²) in [5, 5.41) is 9.52. The highest BCUT2D eigenvalue weighted by atomic mass is 19.1. The van der Waals surface area contributed by atoms with Crippen LogP contribution in [0, 0.1) is 11.6 Å². The standard InChI is InChI=1S/C24H25F2N5O2/c1-33-22-14-29-19-8-3-9-20(23(19)31-22)30-24(32)21-11-10-15(13-28-21)27-12-4-5-16-17(25)6-2-7-18(16)26/h2-9,14-15,21,27-28H,10-13H2,1H3,(H,30,32). The lowest BCUT2D eigenvalue weighted by Crippen LogP contribution is -2.52. The van der Waals surface area contributed by atoms with E-state index in [1.165, 1.54) is 37.6 Å². The molecule has 172 valence electrons. The Morgan fingerprint density at radius 2 is 2.00 bits per heavy atom. The SMILES string of the molecule is COc1cnc2cccc(NC(=O)C3CCC(NCC=Cc4c(F)cccc4F)CN3)c2n1. The third-order valence-electron chi connectivity index (χ3n) is 5.56. The summed E-state index contributed by atoms with van der Waals surface area (Å²) in [6.07, 6.45) is 6.10. The molecule has 2 unspecified atom stereocenters. The molecule has 1 aliphatic heterocycles. The zero-order valence-corrected chi connectivity index (χ0v) is 18.1. The van der Waals surface area contributed by atoms with Gasteiger partial charge in [0.25, 0.3) is 0 Å². The number of nitrogens with zero attached hydrogens (tertiary/aromatic N) is 2. The fourth-order valence-electron chi connectivity index (χ4n) is 3.77. The molecule has 0 saturated carbocycles. The number of piperidine rings is 1. The number of aromatic nitrogens is 2. The van der Waals surface area contributed by atoms with Crippen LogP contribution >= 0.6 is 0 Å². The Bertz CT molecular complexity index is 1140. The first-order valence-corrected chi connectivity index (χ1v) is 10.7. The van der Waals surface area contributed by atoms with Gasteiger partial charge in [-0.15, -0.1) is 0 Å². The van der Waals surface area contributed by atoms with Crippen LogP contribution in [0.1, 0.15) is 18.4 Å². The summed E-state index contributed by atoms with van der Waals surface area (Å²) in [6.45, 7) is 1.07. The van der Waals surface area contributed by atoms with Gasteiger partial charge in [-0.3, -0.25) is 4.79 Å². The van der Waals surface area contributed by atoms with Crippen molar-refractivity contribution in [2.45, 2.75) is 24.9 Å². The number of carbonyl (C=O) groups is 1. The summed E-state index contributed by atoms with van der Waals surface area (Å²) in [4.78, 5) is 21.5. The van der Waals surface area contributed by atoms with Gasteiger partial charge in [-0.2, -0.15) is 0 Å². The van der Waals surface area contributed by atoms with Gasteiger partial charge in [-0.1, -0.05) is 24.3 Å². The summed E-state index contributed by atoms with van der Waals surface area (Å²) in [5.74, 6) is -0.939. The molecule has 2 atom stereocenters. The Labute approximate surface area is 190 Å². The molecule has 0 spiro atoms. The molecule has 0 bridgehead atoms. The fraction of sp³-hybridized carbons (Fsp3) is 0.292. The Morgan fingerprint density at radius 3 is 2.73 bits per heavy atom. The number of rotatable bonds is 7. The molecular weight excluding hydrogens is 428 g/mol. The van der Waals surface area contributed by atoms with E-state index in [1.807, 2.05) is 12.1 Å². The monoisotopic (exact) mass is 453 g/mol. The van der Waals surface area contributed by atoms with E-state index in [0.29, 0.717) is 42.1 Å². The zero-order valence-electron chi connectivity index (χ0n) is 18.1. The summed E-state index contributed by atoms with van der Waals surface area (Å²) in [7, 11) is 1.52. The van der Waals surface area contributed by atoms with Crippen LogP contribution in [0.15, 0.2) is 48.7 Å². The van der Waals surface area contributed by atoms with Crippen LogP contribution in [0.4, 0.5) is 14.5 Å². The fourth-order valence-corrected chi connectivity index (χ4v) is 3.77. The predicted octanol–water partition coefficient (Wildman–Crippen LogP) is 3.28. The summed E-state index contributed by atoms with van der Waals surface area (Å²) in [6, 6.07) is 9.03. The normalized spacial score (nSPS) is 18.5. The number of amides is 1. The van der Waals surface area contributed by atoms with Crippen molar-refractivity contribution in [3.05, 3.63) is 65.9 Å². The Balaban J connectivity index is 1.28.